The van der Waals surface area contributed by atoms with Gasteiger partial charge in [-0.1, -0.05) is 0 Å². The van der Waals surface area contributed by atoms with Crippen molar-refractivity contribution in [1.29, 1.82) is 0 Å². The summed E-state index contributed by atoms with van der Waals surface area (Å²) >= 11 is 3.07. The minimum atomic E-state index is -2.83. The van der Waals surface area contributed by atoms with Gasteiger partial charge in [0, 0.05) is 0 Å². The molecule has 4 nitrogen and oxygen atoms in total. The monoisotopic (exact) mass is 294 g/mol. The summed E-state index contributed by atoms with van der Waals surface area (Å²) in [6.07, 6.45) is -0.472. The summed E-state index contributed by atoms with van der Waals surface area (Å²) in [5.74, 6) is -3.45. The molecule has 2 rings (SSSR count). The molecule has 7 heteroatoms. The number of hydrogen-bond donors (Lipinski definition) is 0. The van der Waals surface area contributed by atoms with Gasteiger partial charge in [-0.15, -0.1) is 0 Å². The van der Waals surface area contributed by atoms with Crippen molar-refractivity contribution in [3.05, 3.63) is 15.9 Å². The number of halogens is 3. The number of ether oxygens (including phenoxy) is 1. The van der Waals surface area contributed by atoms with Gasteiger partial charge >= 0.3 is 5.97 Å². The zero-order valence-corrected chi connectivity index (χ0v) is 10.1. The SMILES string of the molecule is CCOC(=O)c1c(Br)nn2c1CC(F)(F)C2. The average Bonchev–Trinajstić information content (AvgIpc) is 2.55. The number of hydrogen-bond acceptors (Lipinski definition) is 3. The van der Waals surface area contributed by atoms with Crippen LogP contribution in [0.5, 0.6) is 0 Å². The van der Waals surface area contributed by atoms with Gasteiger partial charge in [0.2, 0.25) is 0 Å². The Bertz CT molecular complexity index is 445. The van der Waals surface area contributed by atoms with Gasteiger partial charge in [-0.2, -0.15) is 5.10 Å². The van der Waals surface area contributed by atoms with Crippen molar-refractivity contribution in [1.82, 2.24) is 9.78 Å². The van der Waals surface area contributed by atoms with E-state index >= 15 is 0 Å². The Morgan fingerprint density at radius 2 is 2.38 bits per heavy atom. The van der Waals surface area contributed by atoms with Crippen LogP contribution in [-0.2, 0) is 17.7 Å². The van der Waals surface area contributed by atoms with E-state index in [4.69, 9.17) is 4.74 Å². The Labute approximate surface area is 98.7 Å². The standard InChI is InChI=1S/C9H9BrF2N2O2/c1-2-16-8(15)6-5-3-9(11,12)4-14(5)13-7(6)10/h2-4H2,1H3. The maximum Gasteiger partial charge on any atom is 0.342 e. The summed E-state index contributed by atoms with van der Waals surface area (Å²) in [7, 11) is 0. The van der Waals surface area contributed by atoms with Crippen molar-refractivity contribution in [3.63, 3.8) is 0 Å². The number of carbonyl (C=O) groups excluding carboxylic acids is 1. The molecular formula is C9H9BrF2N2O2. The molecule has 0 spiro atoms. The number of nitrogens with zero attached hydrogens (tertiary/aromatic N) is 2. The van der Waals surface area contributed by atoms with Crippen molar-refractivity contribution < 1.29 is 18.3 Å². The molecule has 0 bridgehead atoms. The second-order valence-electron chi connectivity index (χ2n) is 3.52. The van der Waals surface area contributed by atoms with Crippen LogP contribution >= 0.6 is 15.9 Å². The van der Waals surface area contributed by atoms with Crippen molar-refractivity contribution >= 4 is 21.9 Å². The fourth-order valence-corrected chi connectivity index (χ4v) is 2.28. The number of carbonyl (C=O) groups is 1. The number of fused-ring (bicyclic) bond motifs is 1. The van der Waals surface area contributed by atoms with E-state index < -0.39 is 24.9 Å². The van der Waals surface area contributed by atoms with E-state index in [1.807, 2.05) is 0 Å². The highest BCUT2D eigenvalue weighted by Crippen LogP contribution is 2.34. The van der Waals surface area contributed by atoms with Gasteiger partial charge in [0.15, 0.2) is 0 Å². The highest BCUT2D eigenvalue weighted by molar-refractivity contribution is 9.10. The maximum atomic E-state index is 13.1. The van der Waals surface area contributed by atoms with Crippen molar-refractivity contribution in [2.45, 2.75) is 25.8 Å². The highest BCUT2D eigenvalue weighted by Gasteiger charge is 2.42. The second kappa shape index (κ2) is 3.80. The van der Waals surface area contributed by atoms with E-state index in [1.54, 1.807) is 6.92 Å². The Balaban J connectivity index is 2.38. The second-order valence-corrected chi connectivity index (χ2v) is 4.27. The van der Waals surface area contributed by atoms with Crippen molar-refractivity contribution in [3.8, 4) is 0 Å². The van der Waals surface area contributed by atoms with E-state index in [-0.39, 0.29) is 22.5 Å². The molecule has 0 unspecified atom stereocenters. The molecule has 0 N–H and O–H groups in total. The number of rotatable bonds is 2. The predicted molar refractivity (Wildman–Crippen MR) is 54.5 cm³/mol. The molecule has 0 fully saturated rings. The van der Waals surface area contributed by atoms with Gasteiger partial charge in [0.25, 0.3) is 5.92 Å². The summed E-state index contributed by atoms with van der Waals surface area (Å²) in [5, 5.41) is 3.84. The smallest absolute Gasteiger partial charge is 0.342 e. The lowest BCUT2D eigenvalue weighted by molar-refractivity contribution is 0.000784. The third-order valence-corrected chi connectivity index (χ3v) is 2.86. The van der Waals surface area contributed by atoms with Gasteiger partial charge in [-0.3, -0.25) is 4.68 Å². The minimum Gasteiger partial charge on any atom is -0.462 e. The Morgan fingerprint density at radius 3 is 3.00 bits per heavy atom. The topological polar surface area (TPSA) is 44.1 Å². The first-order chi connectivity index (χ1) is 7.44. The fourth-order valence-electron chi connectivity index (χ4n) is 1.70. The lowest BCUT2D eigenvalue weighted by Crippen LogP contribution is -2.18. The summed E-state index contributed by atoms with van der Waals surface area (Å²) in [6, 6.07) is 0. The first kappa shape index (κ1) is 11.5. The highest BCUT2D eigenvalue weighted by atomic mass is 79.9. The zero-order chi connectivity index (χ0) is 11.9. The molecule has 0 aliphatic carbocycles. The van der Waals surface area contributed by atoms with Crippen molar-refractivity contribution in [2.75, 3.05) is 6.61 Å². The molecular weight excluding hydrogens is 286 g/mol. The quantitative estimate of drug-likeness (QED) is 0.784. The molecule has 2 heterocycles. The molecule has 0 radical (unpaired) electrons. The maximum absolute atomic E-state index is 13.1. The molecule has 1 aromatic rings. The van der Waals surface area contributed by atoms with E-state index in [9.17, 15) is 13.6 Å². The van der Waals surface area contributed by atoms with Crippen LogP contribution in [0.4, 0.5) is 8.78 Å². The molecule has 0 atom stereocenters. The lowest BCUT2D eigenvalue weighted by Gasteiger charge is -2.05. The first-order valence-electron chi connectivity index (χ1n) is 4.75. The van der Waals surface area contributed by atoms with E-state index in [0.29, 0.717) is 0 Å². The third-order valence-electron chi connectivity index (χ3n) is 2.30. The van der Waals surface area contributed by atoms with E-state index in [1.165, 1.54) is 0 Å². The molecule has 0 saturated carbocycles. The number of alkyl halides is 2. The van der Waals surface area contributed by atoms with Crippen LogP contribution in [-0.4, -0.2) is 28.3 Å². The average molecular weight is 295 g/mol. The van der Waals surface area contributed by atoms with Crippen LogP contribution in [0, 0.1) is 0 Å². The normalized spacial score (nSPS) is 17.2. The van der Waals surface area contributed by atoms with Gasteiger partial charge in [0.1, 0.15) is 16.7 Å². The molecule has 0 saturated heterocycles. The van der Waals surface area contributed by atoms with Crippen LogP contribution in [0.15, 0.2) is 4.60 Å². The minimum absolute atomic E-state index is 0.110. The molecule has 1 aliphatic heterocycles. The summed E-state index contributed by atoms with van der Waals surface area (Å²) < 4.78 is 32.4. The molecule has 1 aromatic heterocycles. The third kappa shape index (κ3) is 1.83. The van der Waals surface area contributed by atoms with Crippen LogP contribution in [0.2, 0.25) is 0 Å². The number of aromatic nitrogens is 2. The summed E-state index contributed by atoms with van der Waals surface area (Å²) in [6.45, 7) is 1.37. The molecule has 0 amide bonds. The molecule has 0 aromatic carbocycles. The first-order valence-corrected chi connectivity index (χ1v) is 5.54. The molecule has 16 heavy (non-hydrogen) atoms. The van der Waals surface area contributed by atoms with Crippen LogP contribution < -0.4 is 0 Å². The predicted octanol–water partition coefficient (Wildman–Crippen LogP) is 2.01. The largest absolute Gasteiger partial charge is 0.462 e. The Morgan fingerprint density at radius 1 is 1.69 bits per heavy atom. The van der Waals surface area contributed by atoms with Crippen LogP contribution in [0.1, 0.15) is 23.0 Å². The fraction of sp³-hybridized carbons (Fsp3) is 0.556. The lowest BCUT2D eigenvalue weighted by atomic mass is 10.1. The zero-order valence-electron chi connectivity index (χ0n) is 8.47. The van der Waals surface area contributed by atoms with Gasteiger partial charge in [-0.05, 0) is 22.9 Å². The number of esters is 1. The Kier molecular flexibility index (Phi) is 2.73. The molecule has 1 aliphatic rings. The van der Waals surface area contributed by atoms with Crippen LogP contribution in [0.3, 0.4) is 0 Å². The summed E-state index contributed by atoms with van der Waals surface area (Å²) in [4.78, 5) is 11.5. The van der Waals surface area contributed by atoms with Gasteiger partial charge in [-0.25, -0.2) is 13.6 Å². The molecule has 88 valence electrons. The van der Waals surface area contributed by atoms with Gasteiger partial charge < -0.3 is 4.74 Å². The van der Waals surface area contributed by atoms with Gasteiger partial charge in [0.05, 0.1) is 18.7 Å². The van der Waals surface area contributed by atoms with Crippen molar-refractivity contribution in [2.24, 2.45) is 0 Å². The van der Waals surface area contributed by atoms with Crippen LogP contribution in [0.25, 0.3) is 0 Å². The van der Waals surface area contributed by atoms with E-state index in [2.05, 4.69) is 21.0 Å². The Hall–Kier alpha value is -0.980. The van der Waals surface area contributed by atoms with E-state index in [0.717, 1.165) is 4.68 Å². The summed E-state index contributed by atoms with van der Waals surface area (Å²) in [5.41, 5.74) is 0.342.